The number of nitrogens with zero attached hydrogens (tertiary/aromatic N) is 1. The van der Waals surface area contributed by atoms with Crippen LogP contribution in [0.15, 0.2) is 24.3 Å². The van der Waals surface area contributed by atoms with Gasteiger partial charge in [0.1, 0.15) is 0 Å². The smallest absolute Gasteiger partial charge is 0.0376 e. The fraction of sp³-hybridized carbons (Fsp3) is 0.625. The SMILES string of the molecule is CC1CN(CC2CCNc3ccccc32)CC1C. The van der Waals surface area contributed by atoms with E-state index < -0.39 is 0 Å². The second kappa shape index (κ2) is 4.93. The van der Waals surface area contributed by atoms with Gasteiger partial charge >= 0.3 is 0 Å². The zero-order chi connectivity index (χ0) is 12.5. The first-order valence-electron chi connectivity index (χ1n) is 7.29. The molecule has 1 N–H and O–H groups in total. The van der Waals surface area contributed by atoms with Crippen LogP contribution in [0, 0.1) is 11.8 Å². The third kappa shape index (κ3) is 2.26. The van der Waals surface area contributed by atoms with Crippen molar-refractivity contribution >= 4 is 5.69 Å². The Morgan fingerprint density at radius 1 is 1.17 bits per heavy atom. The molecule has 1 aromatic rings. The minimum atomic E-state index is 0.722. The van der Waals surface area contributed by atoms with Crippen LogP contribution in [0.3, 0.4) is 0 Å². The van der Waals surface area contributed by atoms with Gasteiger partial charge in [-0.2, -0.15) is 0 Å². The van der Waals surface area contributed by atoms with Crippen LogP contribution >= 0.6 is 0 Å². The van der Waals surface area contributed by atoms with E-state index in [4.69, 9.17) is 0 Å². The summed E-state index contributed by atoms with van der Waals surface area (Å²) in [4.78, 5) is 2.67. The predicted molar refractivity (Wildman–Crippen MR) is 77.1 cm³/mol. The summed E-state index contributed by atoms with van der Waals surface area (Å²) in [5.41, 5.74) is 2.88. The van der Waals surface area contributed by atoms with Crippen molar-refractivity contribution < 1.29 is 0 Å². The molecule has 0 aromatic heterocycles. The van der Waals surface area contributed by atoms with Crippen molar-refractivity contribution in [3.8, 4) is 0 Å². The molecule has 2 heteroatoms. The highest BCUT2D eigenvalue weighted by molar-refractivity contribution is 5.54. The molecule has 0 spiro atoms. The van der Waals surface area contributed by atoms with Crippen molar-refractivity contribution in [2.75, 3.05) is 31.5 Å². The number of nitrogens with one attached hydrogen (secondary N) is 1. The molecular formula is C16H24N2. The summed E-state index contributed by atoms with van der Waals surface area (Å²) in [6.45, 7) is 9.72. The molecule has 98 valence electrons. The van der Waals surface area contributed by atoms with E-state index in [0.717, 1.165) is 24.3 Å². The Balaban J connectivity index is 1.71. The van der Waals surface area contributed by atoms with E-state index in [0.29, 0.717) is 0 Å². The minimum Gasteiger partial charge on any atom is -0.385 e. The van der Waals surface area contributed by atoms with E-state index in [1.54, 1.807) is 0 Å². The summed E-state index contributed by atoms with van der Waals surface area (Å²) < 4.78 is 0. The van der Waals surface area contributed by atoms with Crippen LogP contribution in [0.25, 0.3) is 0 Å². The van der Waals surface area contributed by atoms with Crippen molar-refractivity contribution in [2.24, 2.45) is 11.8 Å². The van der Waals surface area contributed by atoms with Gasteiger partial charge in [0.25, 0.3) is 0 Å². The zero-order valence-electron chi connectivity index (χ0n) is 11.5. The van der Waals surface area contributed by atoms with Crippen LogP contribution in [-0.2, 0) is 0 Å². The molecule has 2 aliphatic rings. The van der Waals surface area contributed by atoms with Crippen LogP contribution in [0.5, 0.6) is 0 Å². The molecule has 0 radical (unpaired) electrons. The molecule has 1 fully saturated rings. The van der Waals surface area contributed by atoms with Crippen molar-refractivity contribution in [3.05, 3.63) is 29.8 Å². The van der Waals surface area contributed by atoms with Crippen molar-refractivity contribution in [1.82, 2.24) is 4.90 Å². The Labute approximate surface area is 110 Å². The fourth-order valence-electron chi connectivity index (χ4n) is 3.45. The van der Waals surface area contributed by atoms with Gasteiger partial charge in [-0.1, -0.05) is 32.0 Å². The van der Waals surface area contributed by atoms with Gasteiger partial charge in [0.15, 0.2) is 0 Å². The third-order valence-electron chi connectivity index (χ3n) is 4.75. The van der Waals surface area contributed by atoms with Crippen LogP contribution in [0.1, 0.15) is 31.7 Å². The summed E-state index contributed by atoms with van der Waals surface area (Å²) in [6, 6.07) is 8.83. The lowest BCUT2D eigenvalue weighted by Gasteiger charge is -2.30. The highest BCUT2D eigenvalue weighted by Gasteiger charge is 2.29. The molecule has 18 heavy (non-hydrogen) atoms. The number of hydrogen-bond donors (Lipinski definition) is 1. The van der Waals surface area contributed by atoms with Gasteiger partial charge in [-0.3, -0.25) is 0 Å². The van der Waals surface area contributed by atoms with Crippen molar-refractivity contribution in [2.45, 2.75) is 26.2 Å². The van der Waals surface area contributed by atoms with Crippen molar-refractivity contribution in [1.29, 1.82) is 0 Å². The third-order valence-corrected chi connectivity index (χ3v) is 4.75. The fourth-order valence-corrected chi connectivity index (χ4v) is 3.45. The molecule has 2 aliphatic heterocycles. The summed E-state index contributed by atoms with van der Waals surface area (Å²) in [7, 11) is 0. The molecule has 3 atom stereocenters. The maximum Gasteiger partial charge on any atom is 0.0376 e. The van der Waals surface area contributed by atoms with Crippen LogP contribution in [-0.4, -0.2) is 31.1 Å². The topological polar surface area (TPSA) is 15.3 Å². The second-order valence-electron chi connectivity index (χ2n) is 6.17. The second-order valence-corrected chi connectivity index (χ2v) is 6.17. The Bertz CT molecular complexity index is 405. The maximum atomic E-state index is 3.52. The lowest BCUT2D eigenvalue weighted by molar-refractivity contribution is 0.295. The van der Waals surface area contributed by atoms with E-state index in [-0.39, 0.29) is 0 Å². The Hall–Kier alpha value is -1.02. The first-order valence-corrected chi connectivity index (χ1v) is 7.29. The van der Waals surface area contributed by atoms with Crippen molar-refractivity contribution in [3.63, 3.8) is 0 Å². The quantitative estimate of drug-likeness (QED) is 0.859. The molecule has 3 rings (SSSR count). The molecule has 1 saturated heterocycles. The molecular weight excluding hydrogens is 220 g/mol. The Morgan fingerprint density at radius 2 is 1.89 bits per heavy atom. The average molecular weight is 244 g/mol. The number of likely N-dealkylation sites (tertiary alicyclic amines) is 1. The molecule has 3 unspecified atom stereocenters. The molecule has 0 aliphatic carbocycles. The Kier molecular flexibility index (Phi) is 3.29. The van der Waals surface area contributed by atoms with E-state index in [1.807, 2.05) is 0 Å². The summed E-state index contributed by atoms with van der Waals surface area (Å²) in [5.74, 6) is 2.45. The van der Waals surface area contributed by atoms with Gasteiger partial charge in [0.2, 0.25) is 0 Å². The van der Waals surface area contributed by atoms with Gasteiger partial charge in [-0.25, -0.2) is 0 Å². The largest absolute Gasteiger partial charge is 0.385 e. The molecule has 1 aromatic carbocycles. The zero-order valence-corrected chi connectivity index (χ0v) is 11.5. The van der Waals surface area contributed by atoms with Gasteiger partial charge in [0, 0.05) is 37.8 Å². The van der Waals surface area contributed by atoms with Crippen LogP contribution < -0.4 is 5.32 Å². The van der Waals surface area contributed by atoms with Crippen LogP contribution in [0.4, 0.5) is 5.69 Å². The molecule has 2 nitrogen and oxygen atoms in total. The number of fused-ring (bicyclic) bond motifs is 1. The first kappa shape index (κ1) is 12.0. The highest BCUT2D eigenvalue weighted by atomic mass is 15.2. The number of hydrogen-bond acceptors (Lipinski definition) is 2. The lowest BCUT2D eigenvalue weighted by atomic mass is 9.90. The van der Waals surface area contributed by atoms with Crippen LogP contribution in [0.2, 0.25) is 0 Å². The molecule has 2 heterocycles. The standard InChI is InChI=1S/C16H24N2/c1-12-9-18(10-13(12)2)11-14-7-8-17-16-6-4-3-5-15(14)16/h3-6,12-14,17H,7-11H2,1-2H3. The number of rotatable bonds is 2. The van der Waals surface area contributed by atoms with Gasteiger partial charge < -0.3 is 10.2 Å². The van der Waals surface area contributed by atoms with Gasteiger partial charge in [0.05, 0.1) is 0 Å². The number of anilines is 1. The number of para-hydroxylation sites is 1. The highest BCUT2D eigenvalue weighted by Crippen LogP contribution is 2.33. The maximum absolute atomic E-state index is 3.52. The molecule has 0 bridgehead atoms. The van der Waals surface area contributed by atoms with E-state index >= 15 is 0 Å². The van der Waals surface area contributed by atoms with Gasteiger partial charge in [-0.15, -0.1) is 0 Å². The summed E-state index contributed by atoms with van der Waals surface area (Å²) in [6.07, 6.45) is 1.27. The monoisotopic (exact) mass is 244 g/mol. The van der Waals surface area contributed by atoms with E-state index in [2.05, 4.69) is 48.3 Å². The number of benzene rings is 1. The predicted octanol–water partition coefficient (Wildman–Crippen LogP) is 3.17. The molecule has 0 amide bonds. The molecule has 0 saturated carbocycles. The average Bonchev–Trinajstić information content (AvgIpc) is 2.69. The first-order chi connectivity index (χ1) is 8.74. The normalized spacial score (nSPS) is 32.0. The van der Waals surface area contributed by atoms with E-state index in [9.17, 15) is 0 Å². The summed E-state index contributed by atoms with van der Waals surface area (Å²) in [5, 5.41) is 3.52. The van der Waals surface area contributed by atoms with Gasteiger partial charge in [-0.05, 0) is 29.9 Å². The lowest BCUT2D eigenvalue weighted by Crippen LogP contribution is -2.30. The minimum absolute atomic E-state index is 0.722. The summed E-state index contributed by atoms with van der Waals surface area (Å²) >= 11 is 0. The Morgan fingerprint density at radius 3 is 2.67 bits per heavy atom. The van der Waals surface area contributed by atoms with E-state index in [1.165, 1.54) is 37.3 Å².